The Labute approximate surface area is 103 Å². The molecular formula is C9H19N3O2S2. The van der Waals surface area contributed by atoms with Gasteiger partial charge in [0, 0.05) is 14.1 Å². The van der Waals surface area contributed by atoms with Gasteiger partial charge in [0.15, 0.2) is 0 Å². The molecular weight excluding hydrogens is 246 g/mol. The van der Waals surface area contributed by atoms with Crippen molar-refractivity contribution in [1.82, 2.24) is 9.03 Å². The number of nitrogens with two attached hydrogens (primary N) is 1. The van der Waals surface area contributed by atoms with E-state index in [1.54, 1.807) is 0 Å². The first-order chi connectivity index (χ1) is 7.30. The fourth-order valence-corrected chi connectivity index (χ4v) is 3.20. The molecule has 0 unspecified atom stereocenters. The summed E-state index contributed by atoms with van der Waals surface area (Å²) in [5.74, 6) is 0. The van der Waals surface area contributed by atoms with Gasteiger partial charge in [-0.15, -0.1) is 0 Å². The van der Waals surface area contributed by atoms with Crippen molar-refractivity contribution in [3.05, 3.63) is 0 Å². The molecule has 1 aliphatic carbocycles. The summed E-state index contributed by atoms with van der Waals surface area (Å²) in [6, 6.07) is 0. The molecule has 0 aromatic carbocycles. The van der Waals surface area contributed by atoms with Crippen molar-refractivity contribution in [1.29, 1.82) is 0 Å². The highest BCUT2D eigenvalue weighted by Gasteiger charge is 2.39. The Morgan fingerprint density at radius 3 is 2.19 bits per heavy atom. The molecule has 0 spiro atoms. The van der Waals surface area contributed by atoms with Gasteiger partial charge in [0.05, 0.1) is 10.5 Å². The highest BCUT2D eigenvalue weighted by molar-refractivity contribution is 7.87. The molecule has 7 heteroatoms. The smallest absolute Gasteiger partial charge is 0.279 e. The monoisotopic (exact) mass is 265 g/mol. The summed E-state index contributed by atoms with van der Waals surface area (Å²) in [5.41, 5.74) is 4.97. The normalized spacial score (nSPS) is 20.9. The molecule has 0 amide bonds. The molecule has 0 heterocycles. The average molecular weight is 265 g/mol. The summed E-state index contributed by atoms with van der Waals surface area (Å²) in [7, 11) is -0.516. The number of rotatable bonds is 4. The lowest BCUT2D eigenvalue weighted by Gasteiger charge is -2.37. The van der Waals surface area contributed by atoms with Gasteiger partial charge in [-0.05, 0) is 12.8 Å². The third-order valence-corrected chi connectivity index (χ3v) is 4.98. The van der Waals surface area contributed by atoms with Crippen LogP contribution in [-0.2, 0) is 10.2 Å². The third kappa shape index (κ3) is 2.91. The van der Waals surface area contributed by atoms with Crippen molar-refractivity contribution >= 4 is 27.4 Å². The number of hydrogen-bond donors (Lipinski definition) is 2. The van der Waals surface area contributed by atoms with Gasteiger partial charge >= 0.3 is 0 Å². The standard InChI is InChI=1S/C9H19N3O2S2/c1-12(2)16(13,14)11-9(8(10)15)6-4-3-5-7-9/h11H,3-7H2,1-2H3,(H2,10,15). The largest absolute Gasteiger partial charge is 0.392 e. The highest BCUT2D eigenvalue weighted by atomic mass is 32.2. The minimum absolute atomic E-state index is 0.248. The predicted octanol–water partition coefficient (Wildman–Crippen LogP) is 0.371. The van der Waals surface area contributed by atoms with E-state index in [-0.39, 0.29) is 4.99 Å². The van der Waals surface area contributed by atoms with Crippen LogP contribution in [0.15, 0.2) is 0 Å². The van der Waals surface area contributed by atoms with Crippen LogP contribution in [0.4, 0.5) is 0 Å². The fourth-order valence-electron chi connectivity index (χ4n) is 1.89. The predicted molar refractivity (Wildman–Crippen MR) is 68.3 cm³/mol. The van der Waals surface area contributed by atoms with Gasteiger partial charge < -0.3 is 5.73 Å². The summed E-state index contributed by atoms with van der Waals surface area (Å²) in [4.78, 5) is 0.248. The molecule has 1 fully saturated rings. The topological polar surface area (TPSA) is 75.4 Å². The van der Waals surface area contributed by atoms with Crippen LogP contribution < -0.4 is 10.5 Å². The minimum Gasteiger partial charge on any atom is -0.392 e. The zero-order chi connectivity index (χ0) is 12.4. The Kier molecular flexibility index (Phi) is 4.28. The van der Waals surface area contributed by atoms with Crippen LogP contribution in [0, 0.1) is 0 Å². The molecule has 0 bridgehead atoms. The number of thiocarbonyl (C=S) groups is 1. The second-order valence-electron chi connectivity index (χ2n) is 4.40. The Morgan fingerprint density at radius 2 is 1.81 bits per heavy atom. The molecule has 16 heavy (non-hydrogen) atoms. The van der Waals surface area contributed by atoms with Gasteiger partial charge in [-0.2, -0.15) is 17.4 Å². The van der Waals surface area contributed by atoms with Crippen LogP contribution in [0.2, 0.25) is 0 Å². The van der Waals surface area contributed by atoms with Crippen LogP contribution in [-0.4, -0.2) is 37.3 Å². The van der Waals surface area contributed by atoms with Crippen LogP contribution in [0.25, 0.3) is 0 Å². The van der Waals surface area contributed by atoms with E-state index in [1.807, 2.05) is 0 Å². The van der Waals surface area contributed by atoms with Gasteiger partial charge in [-0.3, -0.25) is 0 Å². The molecule has 0 aromatic rings. The first kappa shape index (κ1) is 13.8. The van der Waals surface area contributed by atoms with Crippen molar-refractivity contribution in [3.8, 4) is 0 Å². The van der Waals surface area contributed by atoms with Crippen molar-refractivity contribution in [2.24, 2.45) is 5.73 Å². The van der Waals surface area contributed by atoms with E-state index in [9.17, 15) is 8.42 Å². The molecule has 0 radical (unpaired) electrons. The second-order valence-corrected chi connectivity index (χ2v) is 6.72. The third-order valence-electron chi connectivity index (χ3n) is 2.98. The van der Waals surface area contributed by atoms with E-state index in [4.69, 9.17) is 18.0 Å². The molecule has 0 aliphatic heterocycles. The molecule has 94 valence electrons. The van der Waals surface area contributed by atoms with Crippen LogP contribution in [0.3, 0.4) is 0 Å². The average Bonchev–Trinajstić information content (AvgIpc) is 2.18. The molecule has 0 saturated heterocycles. The van der Waals surface area contributed by atoms with Crippen molar-refractivity contribution in [2.75, 3.05) is 14.1 Å². The summed E-state index contributed by atoms with van der Waals surface area (Å²) in [5, 5.41) is 0. The maximum absolute atomic E-state index is 11.8. The van der Waals surface area contributed by atoms with Gasteiger partial charge in [0.25, 0.3) is 10.2 Å². The summed E-state index contributed by atoms with van der Waals surface area (Å²) in [6.07, 6.45) is 4.39. The van der Waals surface area contributed by atoms with Gasteiger partial charge in [-0.25, -0.2) is 0 Å². The maximum atomic E-state index is 11.8. The summed E-state index contributed by atoms with van der Waals surface area (Å²) in [6.45, 7) is 0. The molecule has 1 saturated carbocycles. The maximum Gasteiger partial charge on any atom is 0.279 e. The van der Waals surface area contributed by atoms with E-state index in [0.717, 1.165) is 23.6 Å². The minimum atomic E-state index is -3.49. The molecule has 0 aromatic heterocycles. The quantitative estimate of drug-likeness (QED) is 0.720. The van der Waals surface area contributed by atoms with Crippen LogP contribution in [0.5, 0.6) is 0 Å². The van der Waals surface area contributed by atoms with Crippen molar-refractivity contribution in [3.63, 3.8) is 0 Å². The van der Waals surface area contributed by atoms with Crippen LogP contribution >= 0.6 is 12.2 Å². The lowest BCUT2D eigenvalue weighted by Crippen LogP contribution is -2.59. The Balaban J connectivity index is 2.92. The van der Waals surface area contributed by atoms with E-state index in [1.165, 1.54) is 14.1 Å². The van der Waals surface area contributed by atoms with E-state index >= 15 is 0 Å². The zero-order valence-corrected chi connectivity index (χ0v) is 11.3. The van der Waals surface area contributed by atoms with Gasteiger partial charge in [-0.1, -0.05) is 31.5 Å². The number of hydrogen-bond acceptors (Lipinski definition) is 3. The molecule has 3 N–H and O–H groups in total. The second kappa shape index (κ2) is 4.95. The summed E-state index contributed by atoms with van der Waals surface area (Å²) >= 11 is 5.01. The number of nitrogens with zero attached hydrogens (tertiary/aromatic N) is 1. The summed E-state index contributed by atoms with van der Waals surface area (Å²) < 4.78 is 27.4. The molecule has 1 rings (SSSR count). The van der Waals surface area contributed by atoms with E-state index < -0.39 is 15.7 Å². The number of nitrogens with one attached hydrogen (secondary N) is 1. The van der Waals surface area contributed by atoms with Crippen molar-refractivity contribution in [2.45, 2.75) is 37.6 Å². The fraction of sp³-hybridized carbons (Fsp3) is 0.889. The van der Waals surface area contributed by atoms with Gasteiger partial charge in [0.1, 0.15) is 0 Å². The van der Waals surface area contributed by atoms with Crippen molar-refractivity contribution < 1.29 is 8.42 Å². The Morgan fingerprint density at radius 1 is 1.31 bits per heavy atom. The molecule has 1 aliphatic rings. The SMILES string of the molecule is CN(C)S(=O)(=O)NC1(C(N)=S)CCCCC1. The first-order valence-corrected chi connectivity index (χ1v) is 7.16. The van der Waals surface area contributed by atoms with E-state index in [0.29, 0.717) is 12.8 Å². The lowest BCUT2D eigenvalue weighted by atomic mass is 9.82. The lowest BCUT2D eigenvalue weighted by molar-refractivity contribution is 0.345. The highest BCUT2D eigenvalue weighted by Crippen LogP contribution is 2.29. The first-order valence-electron chi connectivity index (χ1n) is 5.31. The van der Waals surface area contributed by atoms with Crippen LogP contribution in [0.1, 0.15) is 32.1 Å². The zero-order valence-electron chi connectivity index (χ0n) is 9.69. The molecule has 5 nitrogen and oxygen atoms in total. The van der Waals surface area contributed by atoms with E-state index in [2.05, 4.69) is 4.72 Å². The Bertz CT molecular complexity index is 359. The molecule has 0 atom stereocenters. The Hall–Kier alpha value is -0.240. The van der Waals surface area contributed by atoms with Gasteiger partial charge in [0.2, 0.25) is 0 Å².